The molecule has 3 rings (SSSR count). The van der Waals surface area contributed by atoms with Gasteiger partial charge in [0.25, 0.3) is 0 Å². The Labute approximate surface area is 126 Å². The minimum atomic E-state index is -0.832. The summed E-state index contributed by atoms with van der Waals surface area (Å²) >= 11 is 1.56. The maximum absolute atomic E-state index is 13.7. The summed E-state index contributed by atoms with van der Waals surface area (Å²) in [7, 11) is 0. The standard InChI is InChI=1S/C15H17FN2O2S/c16-12-4-2-1-3-11(12)13(19)9-18-6-7-20-14(10-18)15-17-5-8-21-15/h1-5,8,13-14,19H,6-7,9-10H2/t13-,14-/m0/s1. The molecule has 1 fully saturated rings. The first-order valence-electron chi connectivity index (χ1n) is 6.90. The van der Waals surface area contributed by atoms with E-state index in [2.05, 4.69) is 9.88 Å². The Kier molecular flexibility index (Phi) is 4.60. The van der Waals surface area contributed by atoms with Crippen LogP contribution in [0.5, 0.6) is 0 Å². The SMILES string of the molecule is O[C@@H](CN1CCO[C@H](c2nccs2)C1)c1ccccc1F. The van der Waals surface area contributed by atoms with Gasteiger partial charge in [0, 0.05) is 36.8 Å². The lowest BCUT2D eigenvalue weighted by Gasteiger charge is -2.33. The summed E-state index contributed by atoms with van der Waals surface area (Å²) in [6, 6.07) is 6.35. The summed E-state index contributed by atoms with van der Waals surface area (Å²) in [6.07, 6.45) is 0.865. The fourth-order valence-corrected chi connectivity index (χ4v) is 3.18. The molecule has 4 nitrogen and oxygen atoms in total. The van der Waals surface area contributed by atoms with E-state index >= 15 is 0 Å². The van der Waals surface area contributed by atoms with Gasteiger partial charge in [-0.2, -0.15) is 0 Å². The predicted octanol–water partition coefficient (Wildman–Crippen LogP) is 2.39. The summed E-state index contributed by atoms with van der Waals surface area (Å²) < 4.78 is 19.4. The number of hydrogen-bond acceptors (Lipinski definition) is 5. The lowest BCUT2D eigenvalue weighted by atomic mass is 10.1. The molecule has 0 radical (unpaired) electrons. The van der Waals surface area contributed by atoms with E-state index in [0.29, 0.717) is 25.3 Å². The van der Waals surface area contributed by atoms with E-state index in [-0.39, 0.29) is 11.9 Å². The van der Waals surface area contributed by atoms with Crippen LogP contribution < -0.4 is 0 Å². The van der Waals surface area contributed by atoms with Crippen molar-refractivity contribution in [1.82, 2.24) is 9.88 Å². The Morgan fingerprint density at radius 3 is 3.10 bits per heavy atom. The Morgan fingerprint density at radius 1 is 1.48 bits per heavy atom. The van der Waals surface area contributed by atoms with Crippen LogP contribution in [0, 0.1) is 5.82 Å². The van der Waals surface area contributed by atoms with Crippen LogP contribution in [-0.4, -0.2) is 41.2 Å². The number of ether oxygens (including phenoxy) is 1. The number of nitrogens with zero attached hydrogens (tertiary/aromatic N) is 2. The maximum atomic E-state index is 13.7. The number of hydrogen-bond donors (Lipinski definition) is 1. The zero-order valence-corrected chi connectivity index (χ0v) is 12.3. The van der Waals surface area contributed by atoms with Crippen LogP contribution in [-0.2, 0) is 4.74 Å². The number of thiazole rings is 1. The van der Waals surface area contributed by atoms with Crippen LogP contribution in [0.2, 0.25) is 0 Å². The third-order valence-corrected chi connectivity index (χ3v) is 4.44. The molecule has 2 atom stereocenters. The third kappa shape index (κ3) is 3.47. The summed E-state index contributed by atoms with van der Waals surface area (Å²) in [5.74, 6) is -0.366. The van der Waals surface area contributed by atoms with Gasteiger partial charge in [-0.25, -0.2) is 9.37 Å². The minimum Gasteiger partial charge on any atom is -0.387 e. The Balaban J connectivity index is 1.63. The third-order valence-electron chi connectivity index (χ3n) is 3.57. The molecule has 1 N–H and O–H groups in total. The fraction of sp³-hybridized carbons (Fsp3) is 0.400. The number of benzene rings is 1. The summed E-state index contributed by atoms with van der Waals surface area (Å²) in [5, 5.41) is 13.1. The zero-order valence-electron chi connectivity index (χ0n) is 11.5. The lowest BCUT2D eigenvalue weighted by molar-refractivity contribution is -0.0427. The first-order chi connectivity index (χ1) is 10.2. The predicted molar refractivity (Wildman–Crippen MR) is 78.6 cm³/mol. The molecule has 0 unspecified atom stereocenters. The van der Waals surface area contributed by atoms with Crippen molar-refractivity contribution in [3.05, 3.63) is 52.2 Å². The molecule has 6 heteroatoms. The summed E-state index contributed by atoms with van der Waals surface area (Å²) in [4.78, 5) is 6.36. The van der Waals surface area contributed by atoms with Crippen LogP contribution in [0.3, 0.4) is 0 Å². The number of morpholine rings is 1. The minimum absolute atomic E-state index is 0.0634. The monoisotopic (exact) mass is 308 g/mol. The highest BCUT2D eigenvalue weighted by molar-refractivity contribution is 7.09. The van der Waals surface area contributed by atoms with E-state index < -0.39 is 6.10 Å². The molecule has 2 heterocycles. The van der Waals surface area contributed by atoms with Gasteiger partial charge in [-0.1, -0.05) is 18.2 Å². The van der Waals surface area contributed by atoms with Crippen molar-refractivity contribution < 1.29 is 14.2 Å². The van der Waals surface area contributed by atoms with E-state index in [1.165, 1.54) is 6.07 Å². The van der Waals surface area contributed by atoms with Crippen LogP contribution in [0.15, 0.2) is 35.8 Å². The topological polar surface area (TPSA) is 45.6 Å². The van der Waals surface area contributed by atoms with E-state index in [4.69, 9.17) is 4.74 Å². The molecule has 112 valence electrons. The van der Waals surface area contributed by atoms with Gasteiger partial charge in [0.15, 0.2) is 0 Å². The van der Waals surface area contributed by atoms with Crippen molar-refractivity contribution in [3.63, 3.8) is 0 Å². The zero-order chi connectivity index (χ0) is 14.7. The van der Waals surface area contributed by atoms with Gasteiger partial charge in [0.2, 0.25) is 0 Å². The second-order valence-electron chi connectivity index (χ2n) is 5.03. The van der Waals surface area contributed by atoms with Crippen LogP contribution in [0.4, 0.5) is 4.39 Å². The number of aliphatic hydroxyl groups excluding tert-OH is 1. The number of halogens is 1. The van der Waals surface area contributed by atoms with E-state index in [9.17, 15) is 9.50 Å². The Hall–Kier alpha value is -1.34. The van der Waals surface area contributed by atoms with Crippen molar-refractivity contribution in [2.24, 2.45) is 0 Å². The molecule has 0 aliphatic carbocycles. The molecule has 1 aliphatic heterocycles. The van der Waals surface area contributed by atoms with Crippen LogP contribution in [0.25, 0.3) is 0 Å². The molecule has 1 saturated heterocycles. The van der Waals surface area contributed by atoms with Crippen molar-refractivity contribution in [2.75, 3.05) is 26.2 Å². The average molecular weight is 308 g/mol. The van der Waals surface area contributed by atoms with Crippen LogP contribution >= 0.6 is 11.3 Å². The highest BCUT2D eigenvalue weighted by Gasteiger charge is 2.26. The van der Waals surface area contributed by atoms with Crippen molar-refractivity contribution in [3.8, 4) is 0 Å². The smallest absolute Gasteiger partial charge is 0.129 e. The highest BCUT2D eigenvalue weighted by Crippen LogP contribution is 2.25. The molecular formula is C15H17FN2O2S. The molecule has 0 amide bonds. The normalized spacial score (nSPS) is 21.3. The molecule has 2 aromatic rings. The van der Waals surface area contributed by atoms with Crippen molar-refractivity contribution >= 4 is 11.3 Å². The number of β-amino-alcohol motifs (C(OH)–C–C–N with tert-alkyl or cyclic N) is 1. The molecule has 1 aromatic carbocycles. The molecule has 0 bridgehead atoms. The quantitative estimate of drug-likeness (QED) is 0.942. The van der Waals surface area contributed by atoms with Gasteiger partial charge in [0.1, 0.15) is 16.9 Å². The lowest BCUT2D eigenvalue weighted by Crippen LogP contribution is -2.40. The van der Waals surface area contributed by atoms with Crippen molar-refractivity contribution in [2.45, 2.75) is 12.2 Å². The van der Waals surface area contributed by atoms with E-state index in [1.807, 2.05) is 5.38 Å². The van der Waals surface area contributed by atoms with E-state index in [0.717, 1.165) is 11.6 Å². The molecule has 0 spiro atoms. The fourth-order valence-electron chi connectivity index (χ4n) is 2.50. The van der Waals surface area contributed by atoms with Gasteiger partial charge >= 0.3 is 0 Å². The number of rotatable bonds is 4. The van der Waals surface area contributed by atoms with Gasteiger partial charge in [0.05, 0.1) is 12.7 Å². The highest BCUT2D eigenvalue weighted by atomic mass is 32.1. The second-order valence-corrected chi connectivity index (χ2v) is 5.95. The van der Waals surface area contributed by atoms with Crippen molar-refractivity contribution in [1.29, 1.82) is 0 Å². The summed E-state index contributed by atoms with van der Waals surface area (Å²) in [6.45, 7) is 2.38. The Morgan fingerprint density at radius 2 is 2.33 bits per heavy atom. The van der Waals surface area contributed by atoms with Gasteiger partial charge in [-0.3, -0.25) is 4.90 Å². The number of aromatic nitrogens is 1. The molecular weight excluding hydrogens is 291 g/mol. The molecule has 1 aromatic heterocycles. The molecule has 0 saturated carbocycles. The number of aliphatic hydroxyl groups is 1. The molecule has 1 aliphatic rings. The maximum Gasteiger partial charge on any atom is 0.129 e. The summed E-state index contributed by atoms with van der Waals surface area (Å²) in [5.41, 5.74) is 0.342. The largest absolute Gasteiger partial charge is 0.387 e. The Bertz CT molecular complexity index is 579. The van der Waals surface area contributed by atoms with Gasteiger partial charge in [-0.15, -0.1) is 11.3 Å². The van der Waals surface area contributed by atoms with Gasteiger partial charge in [-0.05, 0) is 6.07 Å². The second kappa shape index (κ2) is 6.62. The van der Waals surface area contributed by atoms with E-state index in [1.54, 1.807) is 35.7 Å². The average Bonchev–Trinajstić information content (AvgIpc) is 3.02. The first kappa shape index (κ1) is 14.6. The first-order valence-corrected chi connectivity index (χ1v) is 7.78. The molecule has 21 heavy (non-hydrogen) atoms. The van der Waals surface area contributed by atoms with Gasteiger partial charge < -0.3 is 9.84 Å². The van der Waals surface area contributed by atoms with Crippen LogP contribution in [0.1, 0.15) is 22.8 Å².